The zero-order valence-corrected chi connectivity index (χ0v) is 30.0. The Kier molecular flexibility index (Phi) is 8.97. The highest BCUT2D eigenvalue weighted by Gasteiger charge is 2.22. The number of hydrogen-bond acceptors (Lipinski definition) is 4. The molecule has 2 aromatic heterocycles. The van der Waals surface area contributed by atoms with E-state index in [1.807, 2.05) is 109 Å². The Morgan fingerprint density at radius 1 is 0.304 bits per heavy atom. The molecule has 4 nitrogen and oxygen atoms in total. The molecule has 0 aliphatic rings. The topological polar surface area (TPSA) is 51.8 Å². The number of hydrogen-bond donors (Lipinski definition) is 0. The summed E-state index contributed by atoms with van der Waals surface area (Å²) in [6, 6.07) is 44.3. The minimum atomic E-state index is 0.125. The molecular formula is C45H22B7N3O. The molecular weight excluding hydrogens is 674 g/mol. The number of aromatic nitrogens is 3. The molecule has 7 aromatic carbocycles. The first-order valence-corrected chi connectivity index (χ1v) is 17.8. The van der Waals surface area contributed by atoms with Gasteiger partial charge in [0.25, 0.3) is 0 Å². The lowest BCUT2D eigenvalue weighted by atomic mass is 9.64. The summed E-state index contributed by atoms with van der Waals surface area (Å²) in [5, 5.41) is 0.852. The molecule has 2 heterocycles. The summed E-state index contributed by atoms with van der Waals surface area (Å²) in [5.41, 5.74) is 9.94. The average molecular weight is 696 g/mol. The van der Waals surface area contributed by atoms with Crippen molar-refractivity contribution in [2.45, 2.75) is 0 Å². The second-order valence-electron chi connectivity index (χ2n) is 13.6. The highest BCUT2D eigenvalue weighted by Crippen LogP contribution is 2.31. The van der Waals surface area contributed by atoms with Gasteiger partial charge in [-0.05, 0) is 44.9 Å². The molecule has 0 aliphatic carbocycles. The van der Waals surface area contributed by atoms with E-state index < -0.39 is 0 Å². The minimum absolute atomic E-state index is 0.125. The Hall–Kier alpha value is -6.20. The Balaban J connectivity index is 1.09. The highest BCUT2D eigenvalue weighted by atomic mass is 16.3. The van der Waals surface area contributed by atoms with Gasteiger partial charge >= 0.3 is 0 Å². The van der Waals surface area contributed by atoms with E-state index in [0.717, 1.165) is 44.5 Å². The van der Waals surface area contributed by atoms with Crippen LogP contribution in [0.5, 0.6) is 0 Å². The smallest absolute Gasteiger partial charge is 0.164 e. The van der Waals surface area contributed by atoms with Gasteiger partial charge in [0.2, 0.25) is 0 Å². The molecule has 0 fully saturated rings. The first-order valence-electron chi connectivity index (χ1n) is 17.8. The van der Waals surface area contributed by atoms with Gasteiger partial charge in [-0.3, -0.25) is 0 Å². The molecule has 0 aliphatic heterocycles. The van der Waals surface area contributed by atoms with Crippen molar-refractivity contribution in [2.75, 3.05) is 0 Å². The van der Waals surface area contributed by atoms with Crippen LogP contribution in [0.15, 0.2) is 138 Å². The summed E-state index contributed by atoms with van der Waals surface area (Å²) >= 11 is 0. The molecule has 0 N–H and O–H groups in total. The van der Waals surface area contributed by atoms with Gasteiger partial charge in [-0.25, -0.2) is 15.0 Å². The lowest BCUT2D eigenvalue weighted by molar-refractivity contribution is 0.675. The summed E-state index contributed by atoms with van der Waals surface area (Å²) in [6.45, 7) is 0. The summed E-state index contributed by atoms with van der Waals surface area (Å²) in [4.78, 5) is 14.7. The first kappa shape index (κ1) is 35.5. The SMILES string of the molecule is [B]c1c([B])c([B])c2c(oc3c([B])c(-c4cccc(-c5ccc(-c6nc(-c7ccccc7)nc(-c7ccc(-c8ccccc8)cc7)n6)cc5)c4)c([B])c([B])c32)c1[B]. The second kappa shape index (κ2) is 14.1. The van der Waals surface area contributed by atoms with E-state index in [0.29, 0.717) is 39.4 Å². The zero-order chi connectivity index (χ0) is 38.7. The van der Waals surface area contributed by atoms with Crippen LogP contribution in [0, 0.1) is 0 Å². The van der Waals surface area contributed by atoms with E-state index in [4.69, 9.17) is 74.3 Å². The number of rotatable bonds is 6. The zero-order valence-electron chi connectivity index (χ0n) is 30.0. The van der Waals surface area contributed by atoms with Crippen LogP contribution in [-0.2, 0) is 0 Å². The van der Waals surface area contributed by atoms with Crippen molar-refractivity contribution in [2.24, 2.45) is 0 Å². The number of furan rings is 1. The summed E-state index contributed by atoms with van der Waals surface area (Å²) in [6.07, 6.45) is 0. The minimum Gasteiger partial charge on any atom is -0.457 e. The number of benzene rings is 7. The lowest BCUT2D eigenvalue weighted by Gasteiger charge is -2.17. The number of nitrogens with zero attached hydrogens (tertiary/aromatic N) is 3. The molecule has 0 bridgehead atoms. The lowest BCUT2D eigenvalue weighted by Crippen LogP contribution is -2.47. The second-order valence-corrected chi connectivity index (χ2v) is 13.6. The normalized spacial score (nSPS) is 11.4. The molecule has 0 spiro atoms. The molecule has 0 saturated carbocycles. The van der Waals surface area contributed by atoms with Gasteiger partial charge in [-0.1, -0.05) is 149 Å². The summed E-state index contributed by atoms with van der Waals surface area (Å²) in [7, 11) is 45.1. The Labute approximate surface area is 334 Å². The van der Waals surface area contributed by atoms with Gasteiger partial charge < -0.3 is 4.42 Å². The summed E-state index contributed by atoms with van der Waals surface area (Å²) < 4.78 is 6.18. The van der Waals surface area contributed by atoms with Gasteiger partial charge in [0.1, 0.15) is 66.1 Å². The van der Waals surface area contributed by atoms with Crippen LogP contribution < -0.4 is 38.2 Å². The Morgan fingerprint density at radius 3 is 1.23 bits per heavy atom. The molecule has 0 atom stereocenters. The van der Waals surface area contributed by atoms with Crippen LogP contribution in [-0.4, -0.2) is 69.9 Å². The fraction of sp³-hybridized carbons (Fsp3) is 0. The maximum Gasteiger partial charge on any atom is 0.164 e. The Bertz CT molecular complexity index is 2970. The average Bonchev–Trinajstić information content (AvgIpc) is 3.67. The molecule has 9 rings (SSSR count). The van der Waals surface area contributed by atoms with E-state index >= 15 is 0 Å². The van der Waals surface area contributed by atoms with Crippen LogP contribution in [0.4, 0.5) is 0 Å². The predicted molar refractivity (Wildman–Crippen MR) is 237 cm³/mol. The van der Waals surface area contributed by atoms with Crippen molar-refractivity contribution in [1.29, 1.82) is 0 Å². The van der Waals surface area contributed by atoms with Crippen molar-refractivity contribution < 1.29 is 4.42 Å². The van der Waals surface area contributed by atoms with Crippen molar-refractivity contribution >= 4 is 115 Å². The van der Waals surface area contributed by atoms with Crippen molar-refractivity contribution in [3.05, 3.63) is 133 Å². The maximum atomic E-state index is 6.78. The van der Waals surface area contributed by atoms with Gasteiger partial charge in [0.15, 0.2) is 17.5 Å². The molecule has 9 aromatic rings. The van der Waals surface area contributed by atoms with Gasteiger partial charge in [0, 0.05) is 27.5 Å². The van der Waals surface area contributed by atoms with E-state index in [1.54, 1.807) is 0 Å². The third kappa shape index (κ3) is 6.03. The van der Waals surface area contributed by atoms with Crippen LogP contribution in [0.1, 0.15) is 0 Å². The standard InChI is InChI=1S/C45H22B7N3O/c46-34-31(37(49)41-32(35(34)47)33-36(48)38(50)39(51)40(52)42(33)56-41)30-13-7-12-29(22-30)25-16-20-28(21-17-25)45-54-43(26-10-5-2-6-11-26)53-44(55-45)27-18-14-24(15-19-27)23-8-3-1-4-9-23/h1-22H. The van der Waals surface area contributed by atoms with Crippen molar-refractivity contribution in [1.82, 2.24) is 15.0 Å². The summed E-state index contributed by atoms with van der Waals surface area (Å²) in [5.74, 6) is 1.72. The Morgan fingerprint density at radius 2 is 0.679 bits per heavy atom. The van der Waals surface area contributed by atoms with Crippen LogP contribution in [0.2, 0.25) is 0 Å². The van der Waals surface area contributed by atoms with E-state index in [1.165, 1.54) is 0 Å². The largest absolute Gasteiger partial charge is 0.457 e. The fourth-order valence-corrected chi connectivity index (χ4v) is 7.17. The molecule has 0 saturated heterocycles. The quantitative estimate of drug-likeness (QED) is 0.251. The molecule has 244 valence electrons. The van der Waals surface area contributed by atoms with E-state index in [-0.39, 0.29) is 43.8 Å². The van der Waals surface area contributed by atoms with Crippen LogP contribution in [0.25, 0.3) is 89.5 Å². The molecule has 0 unspecified atom stereocenters. The first-order chi connectivity index (χ1) is 27.2. The fourth-order valence-electron chi connectivity index (χ4n) is 7.17. The monoisotopic (exact) mass is 697 g/mol. The third-order valence-corrected chi connectivity index (χ3v) is 10.2. The van der Waals surface area contributed by atoms with E-state index in [9.17, 15) is 0 Å². The van der Waals surface area contributed by atoms with Crippen molar-refractivity contribution in [3.63, 3.8) is 0 Å². The van der Waals surface area contributed by atoms with Gasteiger partial charge in [-0.15, -0.1) is 10.9 Å². The van der Waals surface area contributed by atoms with E-state index in [2.05, 4.69) is 24.3 Å². The molecule has 11 heteroatoms. The molecule has 14 radical (unpaired) electrons. The number of fused-ring (bicyclic) bond motifs is 3. The molecule has 56 heavy (non-hydrogen) atoms. The van der Waals surface area contributed by atoms with Gasteiger partial charge in [-0.2, -0.15) is 0 Å². The molecule has 0 amide bonds. The van der Waals surface area contributed by atoms with Crippen molar-refractivity contribution in [3.8, 4) is 67.5 Å². The predicted octanol–water partition coefficient (Wildman–Crippen LogP) is 3.33. The van der Waals surface area contributed by atoms with Crippen LogP contribution >= 0.6 is 0 Å². The van der Waals surface area contributed by atoms with Gasteiger partial charge in [0.05, 0.1) is 0 Å². The van der Waals surface area contributed by atoms with Crippen LogP contribution in [0.3, 0.4) is 0 Å². The third-order valence-electron chi connectivity index (χ3n) is 10.2. The maximum absolute atomic E-state index is 6.78. The highest BCUT2D eigenvalue weighted by molar-refractivity contribution is 6.69.